The van der Waals surface area contributed by atoms with Gasteiger partial charge in [-0.3, -0.25) is 0 Å². The smallest absolute Gasteiger partial charge is 0.326 e. The van der Waals surface area contributed by atoms with Crippen molar-refractivity contribution in [3.8, 4) is 0 Å². The number of nitrogens with one attached hydrogen (secondary N) is 2. The largest absolute Gasteiger partial charge is 0.480 e. The van der Waals surface area contributed by atoms with E-state index in [4.69, 9.17) is 5.11 Å². The highest BCUT2D eigenvalue weighted by Crippen LogP contribution is 2.32. The first-order chi connectivity index (χ1) is 8.16. The number of hydrogen-bond acceptors (Lipinski definition) is 4. The lowest BCUT2D eigenvalue weighted by Crippen LogP contribution is -2.46. The van der Waals surface area contributed by atoms with Crippen molar-refractivity contribution >= 4 is 23.3 Å². The van der Waals surface area contributed by atoms with E-state index in [0.717, 1.165) is 17.8 Å². The zero-order valence-corrected chi connectivity index (χ0v) is 9.87. The Morgan fingerprint density at radius 2 is 2.35 bits per heavy atom. The van der Waals surface area contributed by atoms with Crippen LogP contribution in [-0.4, -0.2) is 28.1 Å². The average Bonchev–Trinajstić information content (AvgIpc) is 2.99. The second-order valence-corrected chi connectivity index (χ2v) is 4.89. The van der Waals surface area contributed by atoms with Gasteiger partial charge in [-0.2, -0.15) is 0 Å². The van der Waals surface area contributed by atoms with E-state index >= 15 is 0 Å². The fraction of sp³-hybridized carbons (Fsp3) is 0.500. The van der Waals surface area contributed by atoms with Crippen molar-refractivity contribution in [2.45, 2.75) is 25.4 Å². The van der Waals surface area contributed by atoms with Crippen LogP contribution in [0.2, 0.25) is 0 Å². The normalized spacial score (nSPS) is 16.2. The van der Waals surface area contributed by atoms with E-state index < -0.39 is 18.0 Å². The maximum Gasteiger partial charge on any atom is 0.326 e. The average molecular weight is 255 g/mol. The molecule has 0 bridgehead atoms. The molecule has 0 aromatic carbocycles. The summed E-state index contributed by atoms with van der Waals surface area (Å²) in [7, 11) is 0. The minimum atomic E-state index is -0.975. The number of carboxylic acid groups (broad SMARTS) is 1. The first-order valence-corrected chi connectivity index (χ1v) is 6.20. The number of urea groups is 1. The summed E-state index contributed by atoms with van der Waals surface area (Å²) in [6, 6.07) is -1.23. The lowest BCUT2D eigenvalue weighted by atomic mass is 10.2. The van der Waals surface area contributed by atoms with E-state index in [0.29, 0.717) is 6.54 Å². The Labute approximate surface area is 102 Å². The van der Waals surface area contributed by atoms with E-state index in [1.165, 1.54) is 11.3 Å². The molecule has 1 saturated carbocycles. The molecule has 0 radical (unpaired) electrons. The first kappa shape index (κ1) is 11.8. The molecule has 1 aliphatic carbocycles. The van der Waals surface area contributed by atoms with Crippen molar-refractivity contribution in [3.63, 3.8) is 0 Å². The molecule has 6 nitrogen and oxygen atoms in total. The Morgan fingerprint density at radius 3 is 2.88 bits per heavy atom. The number of carbonyl (C=O) groups is 2. The van der Waals surface area contributed by atoms with Crippen LogP contribution < -0.4 is 10.6 Å². The van der Waals surface area contributed by atoms with Crippen molar-refractivity contribution in [3.05, 3.63) is 16.6 Å². The zero-order valence-electron chi connectivity index (χ0n) is 9.05. The van der Waals surface area contributed by atoms with Gasteiger partial charge in [0.15, 0.2) is 0 Å². The predicted molar refractivity (Wildman–Crippen MR) is 61.6 cm³/mol. The third-order valence-corrected chi connectivity index (χ3v) is 3.31. The molecule has 1 aromatic rings. The number of rotatable bonds is 5. The van der Waals surface area contributed by atoms with E-state index in [-0.39, 0.29) is 5.92 Å². The summed E-state index contributed by atoms with van der Waals surface area (Å²) >= 11 is 1.44. The summed E-state index contributed by atoms with van der Waals surface area (Å²) in [6.07, 6.45) is 3.39. The van der Waals surface area contributed by atoms with Gasteiger partial charge in [-0.15, -0.1) is 11.3 Å². The number of carbonyl (C=O) groups excluding carboxylic acids is 1. The fourth-order valence-corrected chi connectivity index (χ4v) is 2.06. The van der Waals surface area contributed by atoms with Crippen LogP contribution >= 0.6 is 11.3 Å². The van der Waals surface area contributed by atoms with E-state index in [1.807, 2.05) is 5.38 Å². The van der Waals surface area contributed by atoms with Gasteiger partial charge in [-0.05, 0) is 18.8 Å². The number of thiazole rings is 1. The Balaban J connectivity index is 1.77. The molecule has 0 spiro atoms. The summed E-state index contributed by atoms with van der Waals surface area (Å²) < 4.78 is 0. The molecule has 1 fully saturated rings. The molecular weight excluding hydrogens is 242 g/mol. The molecular formula is C10H13N3O3S. The maximum atomic E-state index is 11.5. The van der Waals surface area contributed by atoms with E-state index in [2.05, 4.69) is 15.6 Å². The number of nitrogens with zero attached hydrogens (tertiary/aromatic N) is 1. The van der Waals surface area contributed by atoms with E-state index in [9.17, 15) is 9.59 Å². The molecule has 92 valence electrons. The predicted octanol–water partition coefficient (Wildman–Crippen LogP) is 0.805. The van der Waals surface area contributed by atoms with Crippen molar-refractivity contribution in [2.24, 2.45) is 5.92 Å². The topological polar surface area (TPSA) is 91.3 Å². The van der Waals surface area contributed by atoms with Gasteiger partial charge in [0.05, 0.1) is 6.54 Å². The second-order valence-electron chi connectivity index (χ2n) is 3.91. The van der Waals surface area contributed by atoms with Crippen LogP contribution in [0.1, 0.15) is 17.8 Å². The van der Waals surface area contributed by atoms with Gasteiger partial charge in [0, 0.05) is 11.6 Å². The molecule has 17 heavy (non-hydrogen) atoms. The summed E-state index contributed by atoms with van der Waals surface area (Å²) in [6.45, 7) is 0.320. The lowest BCUT2D eigenvalue weighted by molar-refractivity contribution is -0.139. The maximum absolute atomic E-state index is 11.5. The third-order valence-electron chi connectivity index (χ3n) is 2.53. The fourth-order valence-electron chi connectivity index (χ4n) is 1.50. The minimum absolute atomic E-state index is 0.0816. The SMILES string of the molecule is O=C(NCc1nccs1)NC(C(=O)O)C1CC1. The van der Waals surface area contributed by atoms with Crippen molar-refractivity contribution in [2.75, 3.05) is 0 Å². The summed E-state index contributed by atoms with van der Waals surface area (Å²) in [4.78, 5) is 26.4. The molecule has 1 aliphatic rings. The molecule has 1 atom stereocenters. The lowest BCUT2D eigenvalue weighted by Gasteiger charge is -2.13. The molecule has 1 heterocycles. The van der Waals surface area contributed by atoms with Crippen LogP contribution in [0.25, 0.3) is 0 Å². The Kier molecular flexibility index (Phi) is 3.58. The third kappa shape index (κ3) is 3.42. The Hall–Kier alpha value is -1.63. The van der Waals surface area contributed by atoms with Crippen molar-refractivity contribution < 1.29 is 14.7 Å². The number of amides is 2. The minimum Gasteiger partial charge on any atom is -0.480 e. The molecule has 0 saturated heterocycles. The molecule has 2 rings (SSSR count). The van der Waals surface area contributed by atoms with Gasteiger partial charge in [0.25, 0.3) is 0 Å². The van der Waals surface area contributed by atoms with Crippen molar-refractivity contribution in [1.82, 2.24) is 15.6 Å². The molecule has 2 amide bonds. The molecule has 1 aromatic heterocycles. The quantitative estimate of drug-likeness (QED) is 0.726. The molecule has 7 heteroatoms. The summed E-state index contributed by atoms with van der Waals surface area (Å²) in [5, 5.41) is 16.6. The number of hydrogen-bond donors (Lipinski definition) is 3. The number of aliphatic carboxylic acids is 1. The van der Waals surface area contributed by atoms with Crippen LogP contribution in [0.3, 0.4) is 0 Å². The monoisotopic (exact) mass is 255 g/mol. The molecule has 3 N–H and O–H groups in total. The van der Waals surface area contributed by atoms with Gasteiger partial charge < -0.3 is 15.7 Å². The van der Waals surface area contributed by atoms with E-state index in [1.54, 1.807) is 6.20 Å². The van der Waals surface area contributed by atoms with Gasteiger partial charge in [0.2, 0.25) is 0 Å². The standard InChI is InChI=1S/C10H13N3O3S/c14-9(15)8(6-1-2-6)13-10(16)12-5-7-11-3-4-17-7/h3-4,6,8H,1-2,5H2,(H,14,15)(H2,12,13,16). The summed E-state index contributed by atoms with van der Waals surface area (Å²) in [5.41, 5.74) is 0. The number of aromatic nitrogens is 1. The highest BCUT2D eigenvalue weighted by molar-refractivity contribution is 7.09. The van der Waals surface area contributed by atoms with Crippen LogP contribution in [-0.2, 0) is 11.3 Å². The molecule has 1 unspecified atom stereocenters. The zero-order chi connectivity index (χ0) is 12.3. The first-order valence-electron chi connectivity index (χ1n) is 5.32. The van der Waals surface area contributed by atoms with Gasteiger partial charge >= 0.3 is 12.0 Å². The van der Waals surface area contributed by atoms with Crippen LogP contribution in [0.15, 0.2) is 11.6 Å². The molecule has 0 aliphatic heterocycles. The van der Waals surface area contributed by atoms with Crippen LogP contribution in [0, 0.1) is 5.92 Å². The van der Waals surface area contributed by atoms with Gasteiger partial charge in [0.1, 0.15) is 11.0 Å². The summed E-state index contributed by atoms with van der Waals surface area (Å²) in [5.74, 6) is -0.894. The van der Waals surface area contributed by atoms with Gasteiger partial charge in [-0.25, -0.2) is 14.6 Å². The van der Waals surface area contributed by atoms with Crippen molar-refractivity contribution in [1.29, 1.82) is 0 Å². The Bertz CT molecular complexity index is 403. The number of carboxylic acids is 1. The Morgan fingerprint density at radius 1 is 1.59 bits per heavy atom. The van der Waals surface area contributed by atoms with Gasteiger partial charge in [-0.1, -0.05) is 0 Å². The second kappa shape index (κ2) is 5.13. The van der Waals surface area contributed by atoms with Crippen LogP contribution in [0.4, 0.5) is 4.79 Å². The highest BCUT2D eigenvalue weighted by Gasteiger charge is 2.37. The highest BCUT2D eigenvalue weighted by atomic mass is 32.1. The van der Waals surface area contributed by atoms with Crippen LogP contribution in [0.5, 0.6) is 0 Å².